The van der Waals surface area contributed by atoms with Gasteiger partial charge in [-0.25, -0.2) is 4.79 Å². The zero-order chi connectivity index (χ0) is 18.0. The van der Waals surface area contributed by atoms with Crippen molar-refractivity contribution in [2.45, 2.75) is 65.3 Å². The van der Waals surface area contributed by atoms with Crippen molar-refractivity contribution in [3.05, 3.63) is 39.2 Å². The SMILES string of the molecule is CCCCCC(C)C(C)c1cc(O)c2c3c(c(=O)oc2c1)CNCC3. The molecule has 0 aliphatic carbocycles. The summed E-state index contributed by atoms with van der Waals surface area (Å²) in [5.41, 5.74) is 2.88. The Kier molecular flexibility index (Phi) is 5.48. The fourth-order valence-corrected chi connectivity index (χ4v) is 3.88. The van der Waals surface area contributed by atoms with Crippen molar-refractivity contribution in [1.29, 1.82) is 0 Å². The van der Waals surface area contributed by atoms with Gasteiger partial charge in [-0.1, -0.05) is 46.5 Å². The van der Waals surface area contributed by atoms with Gasteiger partial charge in [-0.2, -0.15) is 0 Å². The maximum Gasteiger partial charge on any atom is 0.341 e. The molecule has 4 heteroatoms. The molecule has 3 rings (SSSR count). The molecule has 0 saturated heterocycles. The second-order valence-corrected chi connectivity index (χ2v) is 7.45. The molecule has 0 amide bonds. The molecule has 0 fully saturated rings. The predicted octanol–water partition coefficient (Wildman–Crippen LogP) is 4.46. The normalized spacial score (nSPS) is 16.6. The van der Waals surface area contributed by atoms with Crippen LogP contribution in [0.5, 0.6) is 5.75 Å². The Hall–Kier alpha value is -1.81. The molecular weight excluding hydrogens is 314 g/mol. The van der Waals surface area contributed by atoms with Crippen LogP contribution in [0.1, 0.15) is 69.1 Å². The number of phenolic OH excluding ortho intramolecular Hbond substituents is 1. The second-order valence-electron chi connectivity index (χ2n) is 7.45. The lowest BCUT2D eigenvalue weighted by Gasteiger charge is -2.22. The van der Waals surface area contributed by atoms with E-state index in [1.807, 2.05) is 12.1 Å². The third kappa shape index (κ3) is 3.59. The van der Waals surface area contributed by atoms with E-state index in [-0.39, 0.29) is 11.4 Å². The highest BCUT2D eigenvalue weighted by molar-refractivity contribution is 5.88. The largest absolute Gasteiger partial charge is 0.507 e. The van der Waals surface area contributed by atoms with Crippen LogP contribution in [0.3, 0.4) is 0 Å². The van der Waals surface area contributed by atoms with Crippen molar-refractivity contribution in [3.8, 4) is 5.75 Å². The number of rotatable bonds is 6. The van der Waals surface area contributed by atoms with Crippen molar-refractivity contribution < 1.29 is 9.52 Å². The molecule has 1 aromatic carbocycles. The van der Waals surface area contributed by atoms with E-state index >= 15 is 0 Å². The van der Waals surface area contributed by atoms with Crippen LogP contribution in [0.15, 0.2) is 21.3 Å². The van der Waals surface area contributed by atoms with Gasteiger partial charge in [-0.05, 0) is 48.1 Å². The molecule has 1 aliphatic heterocycles. The van der Waals surface area contributed by atoms with E-state index < -0.39 is 0 Å². The molecule has 2 N–H and O–H groups in total. The van der Waals surface area contributed by atoms with Gasteiger partial charge in [-0.15, -0.1) is 0 Å². The number of aromatic hydroxyl groups is 1. The zero-order valence-electron chi connectivity index (χ0n) is 15.5. The summed E-state index contributed by atoms with van der Waals surface area (Å²) in [6, 6.07) is 3.82. The van der Waals surface area contributed by atoms with Crippen LogP contribution in [0.2, 0.25) is 0 Å². The van der Waals surface area contributed by atoms with Crippen LogP contribution in [-0.2, 0) is 13.0 Å². The summed E-state index contributed by atoms with van der Waals surface area (Å²) in [6.45, 7) is 8.00. The Morgan fingerprint density at radius 1 is 1.24 bits per heavy atom. The van der Waals surface area contributed by atoms with Gasteiger partial charge < -0.3 is 14.8 Å². The number of benzene rings is 1. The Morgan fingerprint density at radius 3 is 2.80 bits per heavy atom. The topological polar surface area (TPSA) is 62.5 Å². The summed E-state index contributed by atoms with van der Waals surface area (Å²) in [6.07, 6.45) is 5.64. The van der Waals surface area contributed by atoms with Crippen LogP contribution in [0.25, 0.3) is 11.0 Å². The minimum Gasteiger partial charge on any atom is -0.507 e. The zero-order valence-corrected chi connectivity index (χ0v) is 15.5. The molecule has 2 unspecified atom stereocenters. The Balaban J connectivity index is 1.98. The summed E-state index contributed by atoms with van der Waals surface area (Å²) in [4.78, 5) is 12.3. The molecule has 0 saturated carbocycles. The van der Waals surface area contributed by atoms with E-state index in [2.05, 4.69) is 26.1 Å². The Labute approximate surface area is 149 Å². The first kappa shape index (κ1) is 18.0. The lowest BCUT2D eigenvalue weighted by molar-refractivity contribution is 0.427. The average molecular weight is 343 g/mol. The second kappa shape index (κ2) is 7.61. The molecule has 0 spiro atoms. The van der Waals surface area contributed by atoms with Gasteiger partial charge in [0.15, 0.2) is 0 Å². The van der Waals surface area contributed by atoms with Gasteiger partial charge in [0.05, 0.1) is 10.9 Å². The maximum absolute atomic E-state index is 12.3. The maximum atomic E-state index is 12.3. The smallest absolute Gasteiger partial charge is 0.341 e. The first-order valence-corrected chi connectivity index (χ1v) is 9.55. The van der Waals surface area contributed by atoms with E-state index in [1.165, 1.54) is 25.7 Å². The summed E-state index contributed by atoms with van der Waals surface area (Å²) in [5, 5.41) is 14.6. The molecule has 1 aliphatic rings. The van der Waals surface area contributed by atoms with Crippen LogP contribution < -0.4 is 10.9 Å². The van der Waals surface area contributed by atoms with Crippen molar-refractivity contribution in [1.82, 2.24) is 5.32 Å². The Morgan fingerprint density at radius 2 is 2.04 bits per heavy atom. The fraction of sp³-hybridized carbons (Fsp3) is 0.571. The van der Waals surface area contributed by atoms with Gasteiger partial charge in [-0.3, -0.25) is 0 Å². The average Bonchev–Trinajstić information content (AvgIpc) is 2.61. The molecule has 2 aromatic rings. The highest BCUT2D eigenvalue weighted by Crippen LogP contribution is 2.36. The molecule has 25 heavy (non-hydrogen) atoms. The van der Waals surface area contributed by atoms with Crippen LogP contribution in [0, 0.1) is 5.92 Å². The van der Waals surface area contributed by atoms with Gasteiger partial charge in [0, 0.05) is 6.54 Å². The molecule has 0 radical (unpaired) electrons. The third-order valence-electron chi connectivity index (χ3n) is 5.71. The number of hydrogen-bond acceptors (Lipinski definition) is 4. The molecule has 2 atom stereocenters. The van der Waals surface area contributed by atoms with Gasteiger partial charge in [0.25, 0.3) is 0 Å². The standard InChI is InChI=1S/C21H29NO3/c1-4-5-6-7-13(2)14(3)15-10-18(23)20-16-8-9-22-12-17(16)21(24)25-19(20)11-15/h10-11,13-14,22-23H,4-9,12H2,1-3H3. The number of hydrogen-bond donors (Lipinski definition) is 2. The first-order valence-electron chi connectivity index (χ1n) is 9.55. The minimum absolute atomic E-state index is 0.238. The van der Waals surface area contributed by atoms with Crippen molar-refractivity contribution >= 4 is 11.0 Å². The molecule has 1 aromatic heterocycles. The van der Waals surface area contributed by atoms with E-state index in [0.29, 0.717) is 34.9 Å². The first-order chi connectivity index (χ1) is 12.0. The summed E-state index contributed by atoms with van der Waals surface area (Å²) in [7, 11) is 0. The highest BCUT2D eigenvalue weighted by atomic mass is 16.4. The van der Waals surface area contributed by atoms with Crippen molar-refractivity contribution in [2.75, 3.05) is 6.54 Å². The van der Waals surface area contributed by atoms with Crippen LogP contribution in [-0.4, -0.2) is 11.7 Å². The lowest BCUT2D eigenvalue weighted by Crippen LogP contribution is -2.29. The number of unbranched alkanes of at least 4 members (excludes halogenated alkanes) is 2. The van der Waals surface area contributed by atoms with E-state index in [1.54, 1.807) is 0 Å². The number of fused-ring (bicyclic) bond motifs is 3. The molecule has 2 heterocycles. The lowest BCUT2D eigenvalue weighted by atomic mass is 9.84. The van der Waals surface area contributed by atoms with Gasteiger partial charge >= 0.3 is 5.63 Å². The van der Waals surface area contributed by atoms with Crippen LogP contribution >= 0.6 is 0 Å². The van der Waals surface area contributed by atoms with Gasteiger partial charge in [0.2, 0.25) is 0 Å². The number of phenols is 1. The van der Waals surface area contributed by atoms with Crippen molar-refractivity contribution in [3.63, 3.8) is 0 Å². The fourth-order valence-electron chi connectivity index (χ4n) is 3.88. The summed E-state index contributed by atoms with van der Waals surface area (Å²) < 4.78 is 5.55. The summed E-state index contributed by atoms with van der Waals surface area (Å²) in [5.74, 6) is 1.08. The predicted molar refractivity (Wildman–Crippen MR) is 101 cm³/mol. The Bertz CT molecular complexity index is 809. The van der Waals surface area contributed by atoms with Crippen LogP contribution in [0.4, 0.5) is 0 Å². The van der Waals surface area contributed by atoms with Crippen molar-refractivity contribution in [2.24, 2.45) is 5.92 Å². The van der Waals surface area contributed by atoms with E-state index in [9.17, 15) is 9.90 Å². The molecule has 136 valence electrons. The quantitative estimate of drug-likeness (QED) is 0.600. The minimum atomic E-state index is -0.283. The molecular formula is C21H29NO3. The van der Waals surface area contributed by atoms with Gasteiger partial charge in [0.1, 0.15) is 11.3 Å². The van der Waals surface area contributed by atoms with E-state index in [0.717, 1.165) is 24.1 Å². The molecule has 0 bridgehead atoms. The number of nitrogens with one attached hydrogen (secondary N) is 1. The monoisotopic (exact) mass is 343 g/mol. The summed E-state index contributed by atoms with van der Waals surface area (Å²) >= 11 is 0. The molecule has 4 nitrogen and oxygen atoms in total. The van der Waals surface area contributed by atoms with E-state index in [4.69, 9.17) is 4.42 Å². The highest BCUT2D eigenvalue weighted by Gasteiger charge is 2.22. The third-order valence-corrected chi connectivity index (χ3v) is 5.71.